The zero-order valence-corrected chi connectivity index (χ0v) is 15.9. The van der Waals surface area contributed by atoms with Crippen molar-refractivity contribution >= 4 is 68.7 Å². The van der Waals surface area contributed by atoms with Crippen molar-refractivity contribution in [2.24, 2.45) is 12.0 Å². The van der Waals surface area contributed by atoms with Crippen LogP contribution in [0.3, 0.4) is 0 Å². The van der Waals surface area contributed by atoms with Crippen molar-refractivity contribution in [1.29, 1.82) is 0 Å². The van der Waals surface area contributed by atoms with E-state index in [4.69, 9.17) is 23.2 Å². The number of hydrogen-bond donors (Lipinski definition) is 0. The predicted octanol–water partition coefficient (Wildman–Crippen LogP) is 4.49. The molecule has 0 radical (unpaired) electrons. The van der Waals surface area contributed by atoms with E-state index in [0.29, 0.717) is 26.7 Å². The summed E-state index contributed by atoms with van der Waals surface area (Å²) in [5.74, 6) is 0.837. The number of halogens is 2. The van der Waals surface area contributed by atoms with Crippen molar-refractivity contribution in [3.63, 3.8) is 0 Å². The highest BCUT2D eigenvalue weighted by atomic mass is 35.5. The minimum Gasteiger partial charge on any atom is -0.312 e. The summed E-state index contributed by atoms with van der Waals surface area (Å²) in [5, 5.41) is 1.70. The molecule has 1 aromatic carbocycles. The van der Waals surface area contributed by atoms with Gasteiger partial charge in [0.15, 0.2) is 5.65 Å². The molecule has 8 heteroatoms. The number of carbonyl (C=O) groups excluding carboxylic acids is 1. The summed E-state index contributed by atoms with van der Waals surface area (Å²) in [6.45, 7) is 0. The summed E-state index contributed by atoms with van der Waals surface area (Å²) in [7, 11) is 1.89. The van der Waals surface area contributed by atoms with E-state index in [2.05, 4.69) is 15.0 Å². The third-order valence-corrected chi connectivity index (χ3v) is 5.46. The molecule has 1 aliphatic heterocycles. The van der Waals surface area contributed by atoms with Crippen LogP contribution in [0.5, 0.6) is 0 Å². The van der Waals surface area contributed by atoms with Crippen LogP contribution in [0.4, 0.5) is 0 Å². The lowest BCUT2D eigenvalue weighted by Gasteiger charge is -2.08. The number of aryl methyl sites for hydroxylation is 1. The van der Waals surface area contributed by atoms with Gasteiger partial charge in [-0.15, -0.1) is 0 Å². The molecule has 0 saturated heterocycles. The van der Waals surface area contributed by atoms with Gasteiger partial charge in [-0.1, -0.05) is 41.0 Å². The van der Waals surface area contributed by atoms with E-state index < -0.39 is 0 Å². The van der Waals surface area contributed by atoms with E-state index >= 15 is 0 Å². The number of aliphatic imine (C=N–C) groups is 1. The minimum absolute atomic E-state index is 0.157. The lowest BCUT2D eigenvalue weighted by molar-refractivity contribution is -0.115. The maximum atomic E-state index is 11.7. The van der Waals surface area contributed by atoms with Crippen LogP contribution in [0.2, 0.25) is 10.0 Å². The van der Waals surface area contributed by atoms with Crippen LogP contribution in [-0.4, -0.2) is 31.2 Å². The second-order valence-corrected chi connectivity index (χ2v) is 7.47. The van der Waals surface area contributed by atoms with Gasteiger partial charge in [0.25, 0.3) is 5.91 Å². The monoisotopic (exact) mass is 402 g/mol. The van der Waals surface area contributed by atoms with Gasteiger partial charge >= 0.3 is 0 Å². The average Bonchev–Trinajstić information content (AvgIpc) is 3.19. The number of amides is 1. The molecule has 0 fully saturated rings. The zero-order chi connectivity index (χ0) is 18.3. The van der Waals surface area contributed by atoms with Crippen LogP contribution in [0.25, 0.3) is 22.8 Å². The minimum atomic E-state index is -0.157. The van der Waals surface area contributed by atoms with Crippen molar-refractivity contribution in [2.75, 3.05) is 5.75 Å². The maximum absolute atomic E-state index is 11.7. The summed E-state index contributed by atoms with van der Waals surface area (Å²) in [6.07, 6.45) is 3.60. The van der Waals surface area contributed by atoms with Crippen molar-refractivity contribution in [3.8, 4) is 0 Å². The number of hydrogen-bond acceptors (Lipinski definition) is 4. The number of pyridine rings is 1. The summed E-state index contributed by atoms with van der Waals surface area (Å²) in [5.41, 5.74) is 3.03. The summed E-state index contributed by atoms with van der Waals surface area (Å²) in [6, 6.07) is 9.00. The molecule has 2 aromatic heterocycles. The number of carbonyl (C=O) groups is 1. The number of imidazole rings is 1. The van der Waals surface area contributed by atoms with Gasteiger partial charge in [0.05, 0.1) is 11.3 Å². The molecule has 3 heterocycles. The zero-order valence-electron chi connectivity index (χ0n) is 13.6. The first-order chi connectivity index (χ1) is 12.5. The number of benzene rings is 1. The molecular weight excluding hydrogens is 391 g/mol. The highest BCUT2D eigenvalue weighted by molar-refractivity contribution is 8.16. The fourth-order valence-corrected chi connectivity index (χ4v) is 3.97. The van der Waals surface area contributed by atoms with Crippen LogP contribution in [0, 0.1) is 0 Å². The Balaban J connectivity index is 1.93. The van der Waals surface area contributed by atoms with Gasteiger partial charge in [0, 0.05) is 23.3 Å². The highest BCUT2D eigenvalue weighted by Crippen LogP contribution is 2.32. The van der Waals surface area contributed by atoms with Crippen molar-refractivity contribution < 1.29 is 4.79 Å². The third-order valence-electron chi connectivity index (χ3n) is 3.92. The van der Waals surface area contributed by atoms with Crippen molar-refractivity contribution in [3.05, 3.63) is 58.0 Å². The van der Waals surface area contributed by atoms with Gasteiger partial charge in [-0.2, -0.15) is 0 Å². The van der Waals surface area contributed by atoms with E-state index in [-0.39, 0.29) is 5.91 Å². The highest BCUT2D eigenvalue weighted by Gasteiger charge is 2.24. The third kappa shape index (κ3) is 3.16. The van der Waals surface area contributed by atoms with E-state index in [0.717, 1.165) is 22.3 Å². The Morgan fingerprint density at radius 2 is 2.15 bits per heavy atom. The molecular formula is C18H12Cl2N4OS. The first kappa shape index (κ1) is 17.3. The second-order valence-electron chi connectivity index (χ2n) is 5.66. The van der Waals surface area contributed by atoms with Gasteiger partial charge < -0.3 is 4.57 Å². The van der Waals surface area contributed by atoms with Gasteiger partial charge in [-0.05, 0) is 35.9 Å². The SMILES string of the molecule is Cn1c(C(=Cc2ccc(Cl)cc2Cl)C2=NC(=O)CS2)nc2cccnc21. The Morgan fingerprint density at radius 1 is 1.31 bits per heavy atom. The Hall–Kier alpha value is -2.15. The van der Waals surface area contributed by atoms with Crippen LogP contribution in [0.15, 0.2) is 41.5 Å². The first-order valence-corrected chi connectivity index (χ1v) is 9.46. The average molecular weight is 403 g/mol. The van der Waals surface area contributed by atoms with Crippen LogP contribution >= 0.6 is 35.0 Å². The van der Waals surface area contributed by atoms with Gasteiger partial charge in [0.1, 0.15) is 16.4 Å². The second kappa shape index (κ2) is 6.87. The summed E-state index contributed by atoms with van der Waals surface area (Å²) >= 11 is 13.7. The molecule has 0 saturated carbocycles. The summed E-state index contributed by atoms with van der Waals surface area (Å²) in [4.78, 5) is 24.9. The largest absolute Gasteiger partial charge is 0.312 e. The summed E-state index contributed by atoms with van der Waals surface area (Å²) < 4.78 is 1.89. The standard InChI is InChI=1S/C18H12Cl2N4OS/c1-24-16(22-14-3-2-6-21-17(14)24)12(18-23-15(25)9-26-18)7-10-4-5-11(19)8-13(10)20/h2-8H,9H2,1H3. The van der Waals surface area contributed by atoms with E-state index in [1.54, 1.807) is 18.3 Å². The van der Waals surface area contributed by atoms with Crippen LogP contribution in [0.1, 0.15) is 11.4 Å². The molecule has 130 valence electrons. The van der Waals surface area contributed by atoms with E-state index in [1.807, 2.05) is 35.9 Å². The number of fused-ring (bicyclic) bond motifs is 1. The van der Waals surface area contributed by atoms with E-state index in [1.165, 1.54) is 11.8 Å². The van der Waals surface area contributed by atoms with Crippen LogP contribution < -0.4 is 0 Å². The Morgan fingerprint density at radius 3 is 2.85 bits per heavy atom. The molecule has 0 spiro atoms. The van der Waals surface area contributed by atoms with Gasteiger partial charge in [-0.3, -0.25) is 4.79 Å². The maximum Gasteiger partial charge on any atom is 0.257 e. The Bertz CT molecular complexity index is 1100. The smallest absolute Gasteiger partial charge is 0.257 e. The van der Waals surface area contributed by atoms with Crippen LogP contribution in [-0.2, 0) is 11.8 Å². The first-order valence-electron chi connectivity index (χ1n) is 7.72. The fraction of sp³-hybridized carbons (Fsp3) is 0.111. The predicted molar refractivity (Wildman–Crippen MR) is 108 cm³/mol. The lowest BCUT2D eigenvalue weighted by atomic mass is 10.1. The Kier molecular flexibility index (Phi) is 4.56. The lowest BCUT2D eigenvalue weighted by Crippen LogP contribution is -2.04. The molecule has 0 unspecified atom stereocenters. The molecule has 26 heavy (non-hydrogen) atoms. The quantitative estimate of drug-likeness (QED) is 0.647. The molecule has 0 bridgehead atoms. The molecule has 3 aromatic rings. The molecule has 1 aliphatic rings. The number of aromatic nitrogens is 3. The number of rotatable bonds is 3. The molecule has 4 rings (SSSR count). The molecule has 5 nitrogen and oxygen atoms in total. The van der Waals surface area contributed by atoms with Gasteiger partial charge in [-0.25, -0.2) is 15.0 Å². The molecule has 0 N–H and O–H groups in total. The molecule has 0 aliphatic carbocycles. The Labute approximate surface area is 163 Å². The van der Waals surface area contributed by atoms with Gasteiger partial charge in [0.2, 0.25) is 0 Å². The number of nitrogens with zero attached hydrogens (tertiary/aromatic N) is 4. The van der Waals surface area contributed by atoms with E-state index in [9.17, 15) is 4.79 Å². The molecule has 0 atom stereocenters. The van der Waals surface area contributed by atoms with Crippen molar-refractivity contribution in [1.82, 2.24) is 14.5 Å². The fourth-order valence-electron chi connectivity index (χ4n) is 2.71. The number of thioether (sulfide) groups is 1. The normalized spacial score (nSPS) is 15.0. The van der Waals surface area contributed by atoms with Crippen molar-refractivity contribution in [2.45, 2.75) is 0 Å². The topological polar surface area (TPSA) is 60.1 Å². The molecule has 1 amide bonds.